The first-order chi connectivity index (χ1) is 11.3. The molecular formula is C18H17N3OS. The lowest BCUT2D eigenvalue weighted by Gasteiger charge is -2.36. The fourth-order valence-corrected chi connectivity index (χ4v) is 3.91. The maximum Gasteiger partial charge on any atom is 0.322 e. The second-order valence-electron chi connectivity index (χ2n) is 5.53. The van der Waals surface area contributed by atoms with Crippen molar-refractivity contribution in [3.05, 3.63) is 76.7 Å². The number of carbonyl (C=O) groups excluding carboxylic acids is 1. The van der Waals surface area contributed by atoms with Crippen molar-refractivity contribution in [2.45, 2.75) is 12.6 Å². The van der Waals surface area contributed by atoms with Crippen molar-refractivity contribution in [3.8, 4) is 0 Å². The summed E-state index contributed by atoms with van der Waals surface area (Å²) < 4.78 is 2.23. The fraction of sp³-hybridized carbons (Fsp3) is 0.167. The van der Waals surface area contributed by atoms with E-state index in [1.54, 1.807) is 11.3 Å². The van der Waals surface area contributed by atoms with Gasteiger partial charge < -0.3 is 14.8 Å². The molecule has 2 amide bonds. The Balaban J connectivity index is 1.66. The summed E-state index contributed by atoms with van der Waals surface area (Å²) in [5, 5.41) is 5.07. The molecule has 0 saturated heterocycles. The lowest BCUT2D eigenvalue weighted by molar-refractivity contribution is 0.183. The van der Waals surface area contributed by atoms with E-state index < -0.39 is 0 Å². The van der Waals surface area contributed by atoms with Crippen molar-refractivity contribution >= 4 is 23.1 Å². The van der Waals surface area contributed by atoms with E-state index in [1.807, 2.05) is 41.3 Å². The molecule has 3 aromatic rings. The summed E-state index contributed by atoms with van der Waals surface area (Å²) in [4.78, 5) is 15.9. The van der Waals surface area contributed by atoms with E-state index in [0.717, 1.165) is 12.2 Å². The van der Waals surface area contributed by atoms with Crippen LogP contribution in [0.15, 0.2) is 66.2 Å². The minimum atomic E-state index is -0.0537. The molecule has 1 atom stereocenters. The van der Waals surface area contributed by atoms with Crippen LogP contribution in [0.4, 0.5) is 10.5 Å². The molecule has 1 aliphatic heterocycles. The molecule has 0 radical (unpaired) electrons. The van der Waals surface area contributed by atoms with Gasteiger partial charge in [-0.1, -0.05) is 24.3 Å². The molecule has 2 aromatic heterocycles. The Labute approximate surface area is 139 Å². The zero-order valence-corrected chi connectivity index (χ0v) is 13.4. The number of urea groups is 1. The summed E-state index contributed by atoms with van der Waals surface area (Å²) >= 11 is 1.69. The van der Waals surface area contributed by atoms with Crippen molar-refractivity contribution < 1.29 is 4.79 Å². The Morgan fingerprint density at radius 2 is 1.91 bits per heavy atom. The van der Waals surface area contributed by atoms with Crippen LogP contribution in [0.25, 0.3) is 0 Å². The number of amides is 2. The minimum Gasteiger partial charge on any atom is -0.347 e. The maximum atomic E-state index is 12.8. The Morgan fingerprint density at radius 3 is 2.70 bits per heavy atom. The van der Waals surface area contributed by atoms with Crippen LogP contribution in [0.3, 0.4) is 0 Å². The van der Waals surface area contributed by atoms with E-state index in [9.17, 15) is 4.79 Å². The number of para-hydroxylation sites is 1. The minimum absolute atomic E-state index is 0.0255. The molecule has 5 heteroatoms. The van der Waals surface area contributed by atoms with Crippen molar-refractivity contribution in [2.24, 2.45) is 0 Å². The first-order valence-corrected chi connectivity index (χ1v) is 8.52. The van der Waals surface area contributed by atoms with E-state index in [4.69, 9.17) is 0 Å². The largest absolute Gasteiger partial charge is 0.347 e. The monoisotopic (exact) mass is 323 g/mol. The standard InChI is InChI=1S/C18H17N3OS/c22-18(19-14-6-2-1-3-7-14)21-12-11-20-10-4-8-15(20)17(21)16-9-5-13-23-16/h1-10,13,17H,11-12H2,(H,19,22)/t17-/m1/s1. The molecule has 0 fully saturated rings. The topological polar surface area (TPSA) is 37.3 Å². The zero-order chi connectivity index (χ0) is 15.6. The van der Waals surface area contributed by atoms with E-state index in [0.29, 0.717) is 6.54 Å². The second kappa shape index (κ2) is 5.93. The predicted molar refractivity (Wildman–Crippen MR) is 92.8 cm³/mol. The van der Waals surface area contributed by atoms with Gasteiger partial charge in [-0.15, -0.1) is 11.3 Å². The molecular weight excluding hydrogens is 306 g/mol. The highest BCUT2D eigenvalue weighted by atomic mass is 32.1. The van der Waals surface area contributed by atoms with E-state index in [-0.39, 0.29) is 12.1 Å². The lowest BCUT2D eigenvalue weighted by Crippen LogP contribution is -2.44. The van der Waals surface area contributed by atoms with Crippen molar-refractivity contribution in [1.82, 2.24) is 9.47 Å². The van der Waals surface area contributed by atoms with Crippen molar-refractivity contribution in [1.29, 1.82) is 0 Å². The van der Waals surface area contributed by atoms with Crippen LogP contribution in [-0.4, -0.2) is 22.0 Å². The molecule has 1 aliphatic rings. The summed E-state index contributed by atoms with van der Waals surface area (Å²) in [5.41, 5.74) is 1.99. The van der Waals surface area contributed by atoms with Gasteiger partial charge in [-0.2, -0.15) is 0 Å². The molecule has 116 valence electrons. The molecule has 23 heavy (non-hydrogen) atoms. The summed E-state index contributed by atoms with van der Waals surface area (Å²) in [7, 11) is 0. The van der Waals surface area contributed by atoms with Crippen LogP contribution in [0.5, 0.6) is 0 Å². The highest BCUT2D eigenvalue weighted by Gasteiger charge is 2.32. The van der Waals surface area contributed by atoms with E-state index in [1.165, 1.54) is 10.6 Å². The molecule has 1 N–H and O–H groups in total. The smallest absolute Gasteiger partial charge is 0.322 e. The number of hydrogen-bond donors (Lipinski definition) is 1. The Morgan fingerprint density at radius 1 is 1.04 bits per heavy atom. The van der Waals surface area contributed by atoms with Crippen LogP contribution in [0, 0.1) is 0 Å². The molecule has 4 rings (SSSR count). The number of anilines is 1. The number of aromatic nitrogens is 1. The van der Waals surface area contributed by atoms with Gasteiger partial charge in [0.05, 0.1) is 0 Å². The molecule has 0 aliphatic carbocycles. The van der Waals surface area contributed by atoms with Gasteiger partial charge in [0.15, 0.2) is 0 Å². The van der Waals surface area contributed by atoms with Crippen LogP contribution in [0.2, 0.25) is 0 Å². The third-order valence-electron chi connectivity index (χ3n) is 4.14. The molecule has 0 spiro atoms. The third-order valence-corrected chi connectivity index (χ3v) is 5.06. The quantitative estimate of drug-likeness (QED) is 0.754. The number of nitrogens with zero attached hydrogens (tertiary/aromatic N) is 2. The molecule has 4 nitrogen and oxygen atoms in total. The summed E-state index contributed by atoms with van der Waals surface area (Å²) in [6, 6.07) is 17.8. The SMILES string of the molecule is O=C(Nc1ccccc1)N1CCn2cccc2[C@@H]1c1cccs1. The first-order valence-electron chi connectivity index (χ1n) is 7.64. The van der Waals surface area contributed by atoms with Gasteiger partial charge in [-0.05, 0) is 35.7 Å². The van der Waals surface area contributed by atoms with Gasteiger partial charge in [0.25, 0.3) is 0 Å². The van der Waals surface area contributed by atoms with Gasteiger partial charge in [-0.3, -0.25) is 0 Å². The van der Waals surface area contributed by atoms with Gasteiger partial charge >= 0.3 is 6.03 Å². The lowest BCUT2D eigenvalue weighted by atomic mass is 10.1. The van der Waals surface area contributed by atoms with Gasteiger partial charge in [0.2, 0.25) is 0 Å². The molecule has 0 saturated carbocycles. The normalized spacial score (nSPS) is 16.9. The fourth-order valence-electron chi connectivity index (χ4n) is 3.07. The predicted octanol–water partition coefficient (Wildman–Crippen LogP) is 4.19. The maximum absolute atomic E-state index is 12.8. The molecule has 0 bridgehead atoms. The first kappa shape index (κ1) is 14.1. The second-order valence-corrected chi connectivity index (χ2v) is 6.51. The number of benzene rings is 1. The van der Waals surface area contributed by atoms with Crippen LogP contribution in [-0.2, 0) is 6.54 Å². The van der Waals surface area contributed by atoms with Crippen molar-refractivity contribution in [3.63, 3.8) is 0 Å². The highest BCUT2D eigenvalue weighted by Crippen LogP contribution is 2.35. The van der Waals surface area contributed by atoms with E-state index >= 15 is 0 Å². The number of thiophene rings is 1. The number of rotatable bonds is 2. The Hall–Kier alpha value is -2.53. The summed E-state index contributed by atoms with van der Waals surface area (Å²) in [5.74, 6) is 0. The highest BCUT2D eigenvalue weighted by molar-refractivity contribution is 7.10. The Kier molecular flexibility index (Phi) is 3.63. The third kappa shape index (κ3) is 2.64. The van der Waals surface area contributed by atoms with Crippen LogP contribution < -0.4 is 5.32 Å². The van der Waals surface area contributed by atoms with Gasteiger partial charge in [0, 0.05) is 35.5 Å². The van der Waals surface area contributed by atoms with Crippen LogP contribution >= 0.6 is 11.3 Å². The average molecular weight is 323 g/mol. The number of hydrogen-bond acceptors (Lipinski definition) is 2. The number of fused-ring (bicyclic) bond motifs is 1. The molecule has 3 heterocycles. The molecule has 1 aromatic carbocycles. The van der Waals surface area contributed by atoms with Crippen LogP contribution in [0.1, 0.15) is 16.6 Å². The molecule has 0 unspecified atom stereocenters. The zero-order valence-electron chi connectivity index (χ0n) is 12.6. The average Bonchev–Trinajstić information content (AvgIpc) is 3.26. The van der Waals surface area contributed by atoms with E-state index in [2.05, 4.69) is 39.7 Å². The van der Waals surface area contributed by atoms with Gasteiger partial charge in [0.1, 0.15) is 6.04 Å². The van der Waals surface area contributed by atoms with Crippen molar-refractivity contribution in [2.75, 3.05) is 11.9 Å². The van der Waals surface area contributed by atoms with Gasteiger partial charge in [-0.25, -0.2) is 4.79 Å². The summed E-state index contributed by atoms with van der Waals surface area (Å²) in [6.07, 6.45) is 2.09. The number of nitrogens with one attached hydrogen (secondary N) is 1. The summed E-state index contributed by atoms with van der Waals surface area (Å²) in [6.45, 7) is 1.52. The number of carbonyl (C=O) groups is 1. The Bertz CT molecular complexity index is 795.